The maximum absolute atomic E-state index is 11.9. The molecule has 0 radical (unpaired) electrons. The molecule has 0 spiro atoms. The topological polar surface area (TPSA) is 138 Å². The van der Waals surface area contributed by atoms with Gasteiger partial charge in [0, 0.05) is 4.88 Å². The molecule has 0 aliphatic heterocycles. The molecule has 0 saturated heterocycles. The molecule has 9 nitrogen and oxygen atoms in total. The van der Waals surface area contributed by atoms with Crippen molar-refractivity contribution in [1.29, 1.82) is 0 Å². The zero-order valence-electron chi connectivity index (χ0n) is 11.3. The molecule has 0 saturated carbocycles. The summed E-state index contributed by atoms with van der Waals surface area (Å²) in [6.07, 6.45) is 1.27. The summed E-state index contributed by atoms with van der Waals surface area (Å²) >= 11 is 1.42. The molecule has 11 heteroatoms. The molecule has 0 aliphatic carbocycles. The second-order valence-corrected chi connectivity index (χ2v) is 5.51. The highest BCUT2D eigenvalue weighted by Crippen LogP contribution is 2.09. The summed E-state index contributed by atoms with van der Waals surface area (Å²) in [5.41, 5.74) is -0.268. The van der Waals surface area contributed by atoms with E-state index >= 15 is 0 Å². The molecular formula is C11H13BN4O5S. The molecule has 0 aromatic carbocycles. The Labute approximate surface area is 129 Å². The van der Waals surface area contributed by atoms with E-state index in [0.717, 1.165) is 15.8 Å². The third kappa shape index (κ3) is 4.38. The number of carboxylic acids is 1. The molecule has 0 aliphatic rings. The number of carbonyl (C=O) groups excluding carboxylic acids is 1. The van der Waals surface area contributed by atoms with Crippen molar-refractivity contribution in [3.63, 3.8) is 0 Å². The third-order valence-electron chi connectivity index (χ3n) is 2.76. The molecule has 0 unspecified atom stereocenters. The Morgan fingerprint density at radius 1 is 1.45 bits per heavy atom. The molecule has 2 aromatic heterocycles. The summed E-state index contributed by atoms with van der Waals surface area (Å²) in [5.74, 6) is -2.65. The van der Waals surface area contributed by atoms with Crippen molar-refractivity contribution in [1.82, 2.24) is 20.3 Å². The standard InChI is InChI=1S/C11H13BN4O5S/c17-10(4-7-2-1-3-22-7)13-9(12(20)21)6-16-5-8(11(18)19)14-15-16/h1-3,5,9,20-21H,4,6H2,(H,13,17)(H,18,19)/t9-/m0/s1. The molecule has 2 heterocycles. The average molecular weight is 324 g/mol. The van der Waals surface area contributed by atoms with E-state index in [9.17, 15) is 19.6 Å². The van der Waals surface area contributed by atoms with E-state index in [1.54, 1.807) is 6.07 Å². The first-order chi connectivity index (χ1) is 10.5. The number of aromatic carboxylic acids is 1. The van der Waals surface area contributed by atoms with Crippen molar-refractivity contribution < 1.29 is 24.7 Å². The molecule has 0 fully saturated rings. The molecule has 1 amide bonds. The number of rotatable bonds is 7. The maximum Gasteiger partial charge on any atom is 0.477 e. The maximum atomic E-state index is 11.9. The monoisotopic (exact) mass is 324 g/mol. The zero-order chi connectivity index (χ0) is 16.1. The number of thiophene rings is 1. The Kier molecular flexibility index (Phi) is 5.25. The quantitative estimate of drug-likeness (QED) is 0.468. The third-order valence-corrected chi connectivity index (χ3v) is 3.64. The van der Waals surface area contributed by atoms with Gasteiger partial charge in [0.25, 0.3) is 0 Å². The van der Waals surface area contributed by atoms with Gasteiger partial charge in [0.1, 0.15) is 0 Å². The zero-order valence-corrected chi connectivity index (χ0v) is 12.1. The van der Waals surface area contributed by atoms with E-state index in [4.69, 9.17) is 5.11 Å². The van der Waals surface area contributed by atoms with Crippen LogP contribution in [0, 0.1) is 0 Å². The van der Waals surface area contributed by atoms with Crippen molar-refractivity contribution in [3.05, 3.63) is 34.3 Å². The van der Waals surface area contributed by atoms with E-state index in [-0.39, 0.29) is 24.6 Å². The Hall–Kier alpha value is -2.24. The average Bonchev–Trinajstić information content (AvgIpc) is 3.09. The van der Waals surface area contributed by atoms with Crippen LogP contribution in [0.3, 0.4) is 0 Å². The van der Waals surface area contributed by atoms with Crippen molar-refractivity contribution in [2.75, 3.05) is 0 Å². The van der Waals surface area contributed by atoms with E-state index in [1.165, 1.54) is 11.3 Å². The summed E-state index contributed by atoms with van der Waals surface area (Å²) in [7, 11) is -1.82. The highest BCUT2D eigenvalue weighted by molar-refractivity contribution is 7.10. The predicted octanol–water partition coefficient (Wildman–Crippen LogP) is -1.22. The molecule has 2 rings (SSSR count). The number of amides is 1. The fraction of sp³-hybridized carbons (Fsp3) is 0.273. The lowest BCUT2D eigenvalue weighted by molar-refractivity contribution is -0.120. The SMILES string of the molecule is O=C(Cc1cccs1)N[C@@H](Cn1cc(C(=O)O)nn1)B(O)O. The van der Waals surface area contributed by atoms with Gasteiger partial charge in [-0.1, -0.05) is 11.3 Å². The fourth-order valence-corrected chi connectivity index (χ4v) is 2.43. The first kappa shape index (κ1) is 16.1. The summed E-state index contributed by atoms with van der Waals surface area (Å²) in [6, 6.07) is 3.61. The Bertz CT molecular complexity index is 645. The van der Waals surface area contributed by atoms with Crippen LogP contribution in [-0.4, -0.2) is 55.1 Å². The van der Waals surface area contributed by atoms with Gasteiger partial charge in [-0.05, 0) is 11.4 Å². The predicted molar refractivity (Wildman–Crippen MR) is 77.1 cm³/mol. The second-order valence-electron chi connectivity index (χ2n) is 4.47. The Morgan fingerprint density at radius 3 is 2.77 bits per heavy atom. The van der Waals surface area contributed by atoms with Crippen LogP contribution in [0.2, 0.25) is 0 Å². The van der Waals surface area contributed by atoms with E-state index in [1.807, 2.05) is 11.4 Å². The van der Waals surface area contributed by atoms with Crippen LogP contribution in [-0.2, 0) is 17.8 Å². The van der Waals surface area contributed by atoms with Crippen LogP contribution >= 0.6 is 11.3 Å². The molecule has 2 aromatic rings. The van der Waals surface area contributed by atoms with Crippen molar-refractivity contribution in [2.24, 2.45) is 0 Å². The van der Waals surface area contributed by atoms with Gasteiger partial charge in [0.15, 0.2) is 5.69 Å². The number of nitrogens with one attached hydrogen (secondary N) is 1. The van der Waals surface area contributed by atoms with Crippen LogP contribution in [0.1, 0.15) is 15.4 Å². The number of carboxylic acid groups (broad SMARTS) is 1. The van der Waals surface area contributed by atoms with Gasteiger partial charge in [-0.3, -0.25) is 9.48 Å². The minimum atomic E-state index is -1.82. The Morgan fingerprint density at radius 2 is 2.23 bits per heavy atom. The Balaban J connectivity index is 1.97. The smallest absolute Gasteiger partial charge is 0.476 e. The first-order valence-corrected chi connectivity index (χ1v) is 7.15. The highest BCUT2D eigenvalue weighted by atomic mass is 32.1. The summed E-state index contributed by atoms with van der Waals surface area (Å²) in [4.78, 5) is 23.4. The van der Waals surface area contributed by atoms with E-state index < -0.39 is 19.0 Å². The molecule has 22 heavy (non-hydrogen) atoms. The van der Waals surface area contributed by atoms with Crippen molar-refractivity contribution in [2.45, 2.75) is 18.9 Å². The molecule has 4 N–H and O–H groups in total. The van der Waals surface area contributed by atoms with Crippen molar-refractivity contribution in [3.8, 4) is 0 Å². The van der Waals surface area contributed by atoms with Crippen LogP contribution in [0.15, 0.2) is 23.7 Å². The normalized spacial score (nSPS) is 11.9. The number of carbonyl (C=O) groups is 2. The van der Waals surface area contributed by atoms with Crippen LogP contribution < -0.4 is 5.32 Å². The summed E-state index contributed by atoms with van der Waals surface area (Å²) in [5, 5.41) is 38.7. The van der Waals surface area contributed by atoms with Crippen molar-refractivity contribution >= 4 is 30.3 Å². The largest absolute Gasteiger partial charge is 0.477 e. The van der Waals surface area contributed by atoms with E-state index in [2.05, 4.69) is 15.6 Å². The molecule has 1 atom stereocenters. The van der Waals surface area contributed by atoms with Gasteiger partial charge in [0.2, 0.25) is 5.91 Å². The lowest BCUT2D eigenvalue weighted by atomic mass is 9.79. The minimum absolute atomic E-state index is 0.117. The van der Waals surface area contributed by atoms with Crippen LogP contribution in [0.25, 0.3) is 0 Å². The van der Waals surface area contributed by atoms with Crippen LogP contribution in [0.4, 0.5) is 0 Å². The number of aromatic nitrogens is 3. The second kappa shape index (κ2) is 7.16. The molecular weight excluding hydrogens is 311 g/mol. The van der Waals surface area contributed by atoms with Crippen LogP contribution in [0.5, 0.6) is 0 Å². The molecule has 0 bridgehead atoms. The first-order valence-electron chi connectivity index (χ1n) is 6.27. The summed E-state index contributed by atoms with van der Waals surface area (Å²) < 4.78 is 1.12. The number of hydrogen-bond acceptors (Lipinski definition) is 7. The summed E-state index contributed by atoms with van der Waals surface area (Å²) in [6.45, 7) is -0.117. The lowest BCUT2D eigenvalue weighted by Gasteiger charge is -2.17. The molecule has 116 valence electrons. The van der Waals surface area contributed by atoms with Gasteiger partial charge in [-0.15, -0.1) is 16.4 Å². The van der Waals surface area contributed by atoms with Gasteiger partial charge in [-0.25, -0.2) is 4.79 Å². The van der Waals surface area contributed by atoms with Gasteiger partial charge in [0.05, 0.1) is 25.1 Å². The fourth-order valence-electron chi connectivity index (χ4n) is 1.73. The van der Waals surface area contributed by atoms with Gasteiger partial charge < -0.3 is 20.5 Å². The highest BCUT2D eigenvalue weighted by Gasteiger charge is 2.26. The lowest BCUT2D eigenvalue weighted by Crippen LogP contribution is -2.49. The number of hydrogen-bond donors (Lipinski definition) is 4. The van der Waals surface area contributed by atoms with Gasteiger partial charge >= 0.3 is 13.1 Å². The van der Waals surface area contributed by atoms with Gasteiger partial charge in [-0.2, -0.15) is 0 Å². The van der Waals surface area contributed by atoms with E-state index in [0.29, 0.717) is 0 Å². The number of nitrogens with zero attached hydrogens (tertiary/aromatic N) is 3. The minimum Gasteiger partial charge on any atom is -0.476 e.